The van der Waals surface area contributed by atoms with Gasteiger partial charge in [-0.2, -0.15) is 0 Å². The van der Waals surface area contributed by atoms with Crippen molar-refractivity contribution < 1.29 is 4.74 Å². The number of nitrogens with one attached hydrogen (secondary N) is 1. The Hall–Kier alpha value is -1.45. The molecule has 3 nitrogen and oxygen atoms in total. The van der Waals surface area contributed by atoms with Gasteiger partial charge in [-0.3, -0.25) is 4.98 Å². The van der Waals surface area contributed by atoms with Gasteiger partial charge in [0.15, 0.2) is 0 Å². The van der Waals surface area contributed by atoms with Crippen LogP contribution in [0.1, 0.15) is 31.9 Å². The molecule has 1 heterocycles. The van der Waals surface area contributed by atoms with Crippen LogP contribution in [0.15, 0.2) is 36.7 Å². The lowest BCUT2D eigenvalue weighted by Crippen LogP contribution is -2.41. The fourth-order valence-electron chi connectivity index (χ4n) is 2.66. The number of benzene rings is 1. The monoisotopic (exact) mass is 258 g/mol. The molecule has 1 aromatic carbocycles. The third-order valence-corrected chi connectivity index (χ3v) is 4.09. The fourth-order valence-corrected chi connectivity index (χ4v) is 2.66. The van der Waals surface area contributed by atoms with E-state index in [1.165, 1.54) is 10.9 Å². The highest BCUT2D eigenvalue weighted by molar-refractivity contribution is 5.85. The van der Waals surface area contributed by atoms with Gasteiger partial charge < -0.3 is 10.1 Å². The van der Waals surface area contributed by atoms with Gasteiger partial charge in [-0.05, 0) is 37.4 Å². The SMILES string of the molecule is CCC(C)(OC)C(NC)c1cccc2cnccc12. The molecule has 102 valence electrons. The zero-order valence-electron chi connectivity index (χ0n) is 12.1. The van der Waals surface area contributed by atoms with Crippen LogP contribution in [-0.4, -0.2) is 24.7 Å². The molecule has 19 heavy (non-hydrogen) atoms. The molecular weight excluding hydrogens is 236 g/mol. The van der Waals surface area contributed by atoms with Crippen molar-refractivity contribution in [1.29, 1.82) is 0 Å². The van der Waals surface area contributed by atoms with Crippen molar-refractivity contribution in [2.75, 3.05) is 14.2 Å². The van der Waals surface area contributed by atoms with Crippen molar-refractivity contribution in [3.05, 3.63) is 42.2 Å². The third kappa shape index (κ3) is 2.48. The molecule has 0 bridgehead atoms. The highest BCUT2D eigenvalue weighted by Gasteiger charge is 2.33. The highest BCUT2D eigenvalue weighted by atomic mass is 16.5. The standard InChI is InChI=1S/C16H22N2O/c1-5-16(2,19-4)15(17-3)14-8-6-7-12-11-18-10-9-13(12)14/h6-11,15,17H,5H2,1-4H3. The molecule has 2 rings (SSSR count). The van der Waals surface area contributed by atoms with Gasteiger partial charge >= 0.3 is 0 Å². The van der Waals surface area contributed by atoms with E-state index >= 15 is 0 Å². The van der Waals surface area contributed by atoms with E-state index in [1.54, 1.807) is 7.11 Å². The molecular formula is C16H22N2O. The normalized spacial score (nSPS) is 16.2. The minimum Gasteiger partial charge on any atom is -0.377 e. The van der Waals surface area contributed by atoms with Crippen molar-refractivity contribution >= 4 is 10.8 Å². The van der Waals surface area contributed by atoms with E-state index < -0.39 is 0 Å². The van der Waals surface area contributed by atoms with Crippen LogP contribution in [0.4, 0.5) is 0 Å². The Labute approximate surface area is 115 Å². The van der Waals surface area contributed by atoms with Crippen LogP contribution in [0, 0.1) is 0 Å². The van der Waals surface area contributed by atoms with E-state index in [0.717, 1.165) is 11.8 Å². The average molecular weight is 258 g/mol. The Morgan fingerprint density at radius 2 is 2.16 bits per heavy atom. The fraction of sp³-hybridized carbons (Fsp3) is 0.438. The molecule has 0 fully saturated rings. The molecule has 0 aliphatic heterocycles. The molecule has 0 aliphatic carbocycles. The lowest BCUT2D eigenvalue weighted by Gasteiger charge is -2.36. The summed E-state index contributed by atoms with van der Waals surface area (Å²) in [4.78, 5) is 4.19. The first-order valence-electron chi connectivity index (χ1n) is 6.71. The maximum Gasteiger partial charge on any atom is 0.0842 e. The molecule has 2 atom stereocenters. The van der Waals surface area contributed by atoms with E-state index in [2.05, 4.69) is 48.4 Å². The summed E-state index contributed by atoms with van der Waals surface area (Å²) < 4.78 is 5.77. The maximum atomic E-state index is 5.77. The van der Waals surface area contributed by atoms with Crippen LogP contribution >= 0.6 is 0 Å². The van der Waals surface area contributed by atoms with E-state index in [1.807, 2.05) is 19.4 Å². The zero-order valence-corrected chi connectivity index (χ0v) is 12.1. The van der Waals surface area contributed by atoms with Gasteiger partial charge in [-0.25, -0.2) is 0 Å². The Morgan fingerprint density at radius 1 is 1.37 bits per heavy atom. The number of fused-ring (bicyclic) bond motifs is 1. The first-order valence-corrected chi connectivity index (χ1v) is 6.71. The van der Waals surface area contributed by atoms with E-state index in [-0.39, 0.29) is 11.6 Å². The molecule has 0 radical (unpaired) electrons. The Bertz CT molecular complexity index is 544. The van der Waals surface area contributed by atoms with Gasteiger partial charge in [0, 0.05) is 24.9 Å². The number of rotatable bonds is 5. The van der Waals surface area contributed by atoms with Crippen LogP contribution < -0.4 is 5.32 Å². The molecule has 0 amide bonds. The first-order chi connectivity index (χ1) is 9.16. The van der Waals surface area contributed by atoms with Crippen LogP contribution in [0.3, 0.4) is 0 Å². The smallest absolute Gasteiger partial charge is 0.0842 e. The van der Waals surface area contributed by atoms with Gasteiger partial charge in [-0.1, -0.05) is 25.1 Å². The van der Waals surface area contributed by atoms with E-state index in [0.29, 0.717) is 0 Å². The summed E-state index contributed by atoms with van der Waals surface area (Å²) in [5.74, 6) is 0. The summed E-state index contributed by atoms with van der Waals surface area (Å²) in [6.07, 6.45) is 4.69. The minimum absolute atomic E-state index is 0.147. The molecule has 2 unspecified atom stereocenters. The van der Waals surface area contributed by atoms with Crippen LogP contribution in [0.2, 0.25) is 0 Å². The zero-order chi connectivity index (χ0) is 13.9. The molecule has 1 aromatic heterocycles. The quantitative estimate of drug-likeness (QED) is 0.893. The average Bonchev–Trinajstić information content (AvgIpc) is 2.48. The lowest BCUT2D eigenvalue weighted by molar-refractivity contribution is -0.0276. The van der Waals surface area contributed by atoms with Crippen LogP contribution in [0.5, 0.6) is 0 Å². The summed E-state index contributed by atoms with van der Waals surface area (Å²) >= 11 is 0. The van der Waals surface area contributed by atoms with Crippen molar-refractivity contribution in [2.24, 2.45) is 0 Å². The van der Waals surface area contributed by atoms with Crippen molar-refractivity contribution in [3.63, 3.8) is 0 Å². The molecule has 1 N–H and O–H groups in total. The van der Waals surface area contributed by atoms with Crippen molar-refractivity contribution in [3.8, 4) is 0 Å². The third-order valence-electron chi connectivity index (χ3n) is 4.09. The predicted octanol–water partition coefficient (Wildman–Crippen LogP) is 3.31. The maximum absolute atomic E-state index is 5.77. The second-order valence-corrected chi connectivity index (χ2v) is 5.04. The summed E-state index contributed by atoms with van der Waals surface area (Å²) in [6.45, 7) is 4.30. The molecule has 0 aliphatic rings. The molecule has 0 saturated heterocycles. The second kappa shape index (κ2) is 5.68. The summed E-state index contributed by atoms with van der Waals surface area (Å²) in [6, 6.07) is 8.55. The lowest BCUT2D eigenvalue weighted by atomic mass is 9.85. The van der Waals surface area contributed by atoms with Gasteiger partial charge in [0.2, 0.25) is 0 Å². The largest absolute Gasteiger partial charge is 0.377 e. The van der Waals surface area contributed by atoms with Crippen LogP contribution in [0.25, 0.3) is 10.8 Å². The topological polar surface area (TPSA) is 34.1 Å². The van der Waals surface area contributed by atoms with Crippen molar-refractivity contribution in [1.82, 2.24) is 10.3 Å². The molecule has 2 aromatic rings. The first kappa shape index (κ1) is 14.0. The number of methoxy groups -OCH3 is 1. The minimum atomic E-state index is -0.230. The van der Waals surface area contributed by atoms with Gasteiger partial charge in [-0.15, -0.1) is 0 Å². The number of hydrogen-bond acceptors (Lipinski definition) is 3. The Morgan fingerprint density at radius 3 is 2.79 bits per heavy atom. The molecule has 0 spiro atoms. The number of hydrogen-bond donors (Lipinski definition) is 1. The summed E-state index contributed by atoms with van der Waals surface area (Å²) in [5, 5.41) is 5.80. The highest BCUT2D eigenvalue weighted by Crippen LogP contribution is 2.34. The summed E-state index contributed by atoms with van der Waals surface area (Å²) in [7, 11) is 3.76. The number of aromatic nitrogens is 1. The van der Waals surface area contributed by atoms with Gasteiger partial charge in [0.05, 0.1) is 11.6 Å². The van der Waals surface area contributed by atoms with E-state index in [9.17, 15) is 0 Å². The summed E-state index contributed by atoms with van der Waals surface area (Å²) in [5.41, 5.74) is 1.03. The predicted molar refractivity (Wildman–Crippen MR) is 79.2 cm³/mol. The van der Waals surface area contributed by atoms with E-state index in [4.69, 9.17) is 4.74 Å². The molecule has 0 saturated carbocycles. The Balaban J connectivity index is 2.58. The molecule has 3 heteroatoms. The number of nitrogens with zero attached hydrogens (tertiary/aromatic N) is 1. The van der Waals surface area contributed by atoms with Gasteiger partial charge in [0.25, 0.3) is 0 Å². The number of pyridine rings is 1. The number of likely N-dealkylation sites (N-methyl/N-ethyl adjacent to an activating group) is 1. The Kier molecular flexibility index (Phi) is 4.17. The van der Waals surface area contributed by atoms with Crippen LogP contribution in [-0.2, 0) is 4.74 Å². The van der Waals surface area contributed by atoms with Crippen molar-refractivity contribution in [2.45, 2.75) is 31.9 Å². The second-order valence-electron chi connectivity index (χ2n) is 5.04. The van der Waals surface area contributed by atoms with Gasteiger partial charge in [0.1, 0.15) is 0 Å². The number of ether oxygens (including phenoxy) is 1.